The zero-order valence-corrected chi connectivity index (χ0v) is 19.0. The van der Waals surface area contributed by atoms with Crippen molar-refractivity contribution in [1.29, 1.82) is 0 Å². The second-order valence-corrected chi connectivity index (χ2v) is 10.6. The van der Waals surface area contributed by atoms with Gasteiger partial charge in [0.05, 0.1) is 41.3 Å². The van der Waals surface area contributed by atoms with Crippen LogP contribution in [0.4, 0.5) is 5.69 Å². The number of anilines is 1. The average Bonchev–Trinajstić information content (AvgIpc) is 3.36. The molecule has 1 aromatic heterocycles. The van der Waals surface area contributed by atoms with E-state index in [1.54, 1.807) is 11.3 Å². The molecule has 8 nitrogen and oxygen atoms in total. The molecule has 1 aromatic carbocycles. The van der Waals surface area contributed by atoms with Crippen molar-refractivity contribution in [3.05, 3.63) is 51.2 Å². The van der Waals surface area contributed by atoms with Crippen molar-refractivity contribution in [2.24, 2.45) is 0 Å². The Kier molecular flexibility index (Phi) is 6.63. The first-order chi connectivity index (χ1) is 14.9. The number of ether oxygens (including phenoxy) is 1. The first-order valence-electron chi connectivity index (χ1n) is 9.85. The predicted molar refractivity (Wildman–Crippen MR) is 119 cm³/mol. The van der Waals surface area contributed by atoms with Crippen molar-refractivity contribution in [2.45, 2.75) is 12.5 Å². The minimum atomic E-state index is -3.69. The molecule has 0 spiro atoms. The van der Waals surface area contributed by atoms with Crippen LogP contribution in [0.15, 0.2) is 35.7 Å². The number of hydrogen-bond donors (Lipinski definition) is 1. The highest BCUT2D eigenvalue weighted by atomic mass is 35.5. The summed E-state index contributed by atoms with van der Waals surface area (Å²) in [6, 6.07) is 8.28. The van der Waals surface area contributed by atoms with Crippen molar-refractivity contribution in [3.63, 3.8) is 0 Å². The lowest BCUT2D eigenvalue weighted by molar-refractivity contribution is -0.116. The van der Waals surface area contributed by atoms with Gasteiger partial charge in [-0.25, -0.2) is 12.7 Å². The predicted octanol–water partition coefficient (Wildman–Crippen LogP) is 2.27. The van der Waals surface area contributed by atoms with E-state index in [9.17, 15) is 18.0 Å². The molecule has 3 heterocycles. The highest BCUT2D eigenvalue weighted by Crippen LogP contribution is 2.30. The summed E-state index contributed by atoms with van der Waals surface area (Å²) >= 11 is 7.93. The van der Waals surface area contributed by atoms with Gasteiger partial charge in [-0.1, -0.05) is 17.7 Å². The largest absolute Gasteiger partial charge is 0.379 e. The molecule has 31 heavy (non-hydrogen) atoms. The Morgan fingerprint density at radius 1 is 1.26 bits per heavy atom. The summed E-state index contributed by atoms with van der Waals surface area (Å²) in [6.45, 7) is 3.28. The maximum absolute atomic E-state index is 12.8. The van der Waals surface area contributed by atoms with E-state index in [1.807, 2.05) is 17.5 Å². The number of carbonyl (C=O) groups excluding carboxylic acids is 2. The van der Waals surface area contributed by atoms with E-state index < -0.39 is 15.9 Å². The van der Waals surface area contributed by atoms with Gasteiger partial charge in [-0.15, -0.1) is 11.3 Å². The summed E-state index contributed by atoms with van der Waals surface area (Å²) in [5, 5.41) is 5.04. The molecule has 4 rings (SSSR count). The molecule has 2 aliphatic rings. The Hall–Kier alpha value is -1.98. The van der Waals surface area contributed by atoms with Gasteiger partial charge in [0.1, 0.15) is 0 Å². The number of morpholine rings is 1. The van der Waals surface area contributed by atoms with Crippen LogP contribution in [0.1, 0.15) is 27.7 Å². The number of amides is 2. The van der Waals surface area contributed by atoms with Crippen LogP contribution in [0.3, 0.4) is 0 Å². The van der Waals surface area contributed by atoms with Crippen LogP contribution >= 0.6 is 22.9 Å². The number of carbonyl (C=O) groups is 2. The summed E-state index contributed by atoms with van der Waals surface area (Å²) in [7, 11) is -3.69. The van der Waals surface area contributed by atoms with Crippen molar-refractivity contribution >= 4 is 50.5 Å². The number of sulfonamides is 1. The third-order valence-corrected chi connectivity index (χ3v) is 8.30. The highest BCUT2D eigenvalue weighted by molar-refractivity contribution is 7.94. The van der Waals surface area contributed by atoms with Crippen LogP contribution in [0.5, 0.6) is 0 Å². The zero-order chi connectivity index (χ0) is 22.0. The third kappa shape index (κ3) is 4.78. The van der Waals surface area contributed by atoms with Gasteiger partial charge >= 0.3 is 0 Å². The van der Waals surface area contributed by atoms with Gasteiger partial charge in [-0.05, 0) is 29.6 Å². The number of nitrogens with one attached hydrogen (secondary N) is 1. The fraction of sp³-hybridized carbons (Fsp3) is 0.400. The molecule has 1 unspecified atom stereocenters. The number of nitrogens with zero attached hydrogens (tertiary/aromatic N) is 2. The second kappa shape index (κ2) is 9.25. The second-order valence-electron chi connectivity index (χ2n) is 7.28. The molecule has 0 radical (unpaired) electrons. The van der Waals surface area contributed by atoms with Crippen LogP contribution < -0.4 is 9.62 Å². The Morgan fingerprint density at radius 3 is 2.65 bits per heavy atom. The average molecular weight is 484 g/mol. The molecule has 0 bridgehead atoms. The smallest absolute Gasteiger partial charge is 0.252 e. The van der Waals surface area contributed by atoms with Gasteiger partial charge in [-0.2, -0.15) is 0 Å². The third-order valence-electron chi connectivity index (χ3n) is 5.32. The van der Waals surface area contributed by atoms with Crippen molar-refractivity contribution in [1.82, 2.24) is 10.2 Å². The normalized spacial score (nSPS) is 20.0. The lowest BCUT2D eigenvalue weighted by atomic mass is 10.1. The molecule has 166 valence electrons. The Balaban J connectivity index is 1.48. The minimum absolute atomic E-state index is 0.0262. The van der Waals surface area contributed by atoms with E-state index in [2.05, 4.69) is 10.2 Å². The van der Waals surface area contributed by atoms with Crippen LogP contribution in [0.25, 0.3) is 0 Å². The van der Waals surface area contributed by atoms with E-state index >= 15 is 0 Å². The van der Waals surface area contributed by atoms with Crippen LogP contribution in [-0.2, 0) is 19.6 Å². The van der Waals surface area contributed by atoms with Crippen LogP contribution in [0.2, 0.25) is 5.02 Å². The van der Waals surface area contributed by atoms with Crippen molar-refractivity contribution in [2.75, 3.05) is 42.9 Å². The molecular formula is C20H22ClN3O5S2. The van der Waals surface area contributed by atoms with Gasteiger partial charge in [0, 0.05) is 30.9 Å². The topological polar surface area (TPSA) is 96.0 Å². The SMILES string of the molecule is O=C(NCC(c1cccs1)N1CCOCC1)c1ccc(N2C(=O)CCS2(=O)=O)cc1Cl. The summed E-state index contributed by atoms with van der Waals surface area (Å²) in [5.41, 5.74) is 0.371. The molecule has 2 fully saturated rings. The molecule has 0 aliphatic carbocycles. The van der Waals surface area contributed by atoms with E-state index in [0.717, 1.165) is 22.3 Å². The molecule has 2 saturated heterocycles. The van der Waals surface area contributed by atoms with Crippen molar-refractivity contribution < 1.29 is 22.7 Å². The van der Waals surface area contributed by atoms with Crippen molar-refractivity contribution in [3.8, 4) is 0 Å². The molecule has 0 saturated carbocycles. The van der Waals surface area contributed by atoms with Gasteiger partial charge < -0.3 is 10.1 Å². The van der Waals surface area contributed by atoms with E-state index in [4.69, 9.17) is 16.3 Å². The maximum atomic E-state index is 12.8. The first kappa shape index (κ1) is 22.2. The zero-order valence-electron chi connectivity index (χ0n) is 16.6. The lowest BCUT2D eigenvalue weighted by Gasteiger charge is -2.34. The van der Waals surface area contributed by atoms with E-state index in [1.165, 1.54) is 18.2 Å². The summed E-state index contributed by atoms with van der Waals surface area (Å²) in [5.74, 6) is -1.09. The molecule has 1 N–H and O–H groups in total. The molecule has 11 heteroatoms. The molecule has 2 amide bonds. The van der Waals surface area contributed by atoms with Gasteiger partial charge in [0.2, 0.25) is 15.9 Å². The Bertz CT molecular complexity index is 1070. The van der Waals surface area contributed by atoms with Crippen LogP contribution in [-0.4, -0.2) is 63.7 Å². The maximum Gasteiger partial charge on any atom is 0.252 e. The summed E-state index contributed by atoms with van der Waals surface area (Å²) in [4.78, 5) is 28.2. The first-order valence-corrected chi connectivity index (χ1v) is 12.7. The fourth-order valence-corrected chi connectivity index (χ4v) is 6.32. The molecular weight excluding hydrogens is 462 g/mol. The highest BCUT2D eigenvalue weighted by Gasteiger charge is 2.36. The lowest BCUT2D eigenvalue weighted by Crippen LogP contribution is -2.43. The molecule has 2 aliphatic heterocycles. The number of halogens is 1. The van der Waals surface area contributed by atoms with Gasteiger partial charge in [0.25, 0.3) is 5.91 Å². The molecule has 2 aromatic rings. The van der Waals surface area contributed by atoms with Gasteiger partial charge in [-0.3, -0.25) is 14.5 Å². The Labute approximate surface area is 189 Å². The standard InChI is InChI=1S/C20H22ClN3O5S2/c21-16-12-14(24-19(25)5-11-31(24,27)28)3-4-15(16)20(26)22-13-17(18-2-1-10-30-18)23-6-8-29-9-7-23/h1-4,10,12,17H,5-9,11,13H2,(H,22,26). The number of rotatable bonds is 6. The number of benzene rings is 1. The fourth-order valence-electron chi connectivity index (χ4n) is 3.75. The number of thiophene rings is 1. The summed E-state index contributed by atoms with van der Waals surface area (Å²) in [6.07, 6.45) is -0.0617. The van der Waals surface area contributed by atoms with Crippen LogP contribution in [0, 0.1) is 0 Å². The minimum Gasteiger partial charge on any atom is -0.379 e. The quantitative estimate of drug-likeness (QED) is 0.677. The monoisotopic (exact) mass is 483 g/mol. The summed E-state index contributed by atoms with van der Waals surface area (Å²) < 4.78 is 30.4. The van der Waals surface area contributed by atoms with E-state index in [0.29, 0.717) is 19.8 Å². The number of hydrogen-bond acceptors (Lipinski definition) is 7. The Morgan fingerprint density at radius 2 is 2.03 bits per heavy atom. The molecule has 1 atom stereocenters. The van der Waals surface area contributed by atoms with E-state index in [-0.39, 0.29) is 40.4 Å². The van der Waals surface area contributed by atoms with Gasteiger partial charge in [0.15, 0.2) is 0 Å².